The molecule has 0 bridgehead atoms. The third kappa shape index (κ3) is 4.52. The van der Waals surface area contributed by atoms with Crippen LogP contribution in [-0.4, -0.2) is 36.1 Å². The third-order valence-corrected chi connectivity index (χ3v) is 4.99. The van der Waals surface area contributed by atoms with Gasteiger partial charge in [-0.1, -0.05) is 60.7 Å². The number of carbonyl (C=O) groups is 1. The van der Waals surface area contributed by atoms with E-state index in [-0.39, 0.29) is 18.4 Å². The summed E-state index contributed by atoms with van der Waals surface area (Å²) in [5, 5.41) is 10.9. The number of likely N-dealkylation sites (tertiary alicyclic amines) is 1. The Morgan fingerprint density at radius 2 is 1.57 bits per heavy atom. The fourth-order valence-corrected chi connectivity index (χ4v) is 3.58. The lowest BCUT2D eigenvalue weighted by molar-refractivity contribution is -0.175. The molecule has 3 rings (SSSR count). The van der Waals surface area contributed by atoms with Crippen LogP contribution >= 0.6 is 0 Å². The zero-order valence-electron chi connectivity index (χ0n) is 15.1. The Labute approximate surface area is 161 Å². The fourth-order valence-electron chi connectivity index (χ4n) is 3.58. The molecule has 0 aliphatic carbocycles. The molecule has 1 unspecified atom stereocenters. The van der Waals surface area contributed by atoms with Crippen LogP contribution in [0.15, 0.2) is 60.7 Å². The molecular weight excluding hydrogens is 367 g/mol. The van der Waals surface area contributed by atoms with Crippen molar-refractivity contribution in [2.24, 2.45) is 5.92 Å². The van der Waals surface area contributed by atoms with Gasteiger partial charge in [0.15, 0.2) is 0 Å². The summed E-state index contributed by atoms with van der Waals surface area (Å²) in [7, 11) is 0. The molecule has 146 valence electrons. The molecule has 1 amide bonds. The fraction of sp³-hybridized carbons (Fsp3) is 0.333. The number of benzene rings is 2. The molecule has 7 heteroatoms. The van der Waals surface area contributed by atoms with Gasteiger partial charge in [0, 0.05) is 25.0 Å². The average molecular weight is 387 g/mol. The van der Waals surface area contributed by atoms with E-state index in [0.717, 1.165) is 11.1 Å². The molecule has 1 aliphatic rings. The van der Waals surface area contributed by atoms with Crippen LogP contribution < -0.4 is 5.32 Å². The minimum absolute atomic E-state index is 0.0281. The molecule has 1 atom stereocenters. The predicted molar refractivity (Wildman–Crippen MR) is 98.0 cm³/mol. The number of nitriles is 1. The molecule has 1 N–H and O–H groups in total. The number of carbonyl (C=O) groups excluding carboxylic acids is 1. The summed E-state index contributed by atoms with van der Waals surface area (Å²) in [4.78, 5) is 13.4. The van der Waals surface area contributed by atoms with Crippen LogP contribution in [0.5, 0.6) is 0 Å². The van der Waals surface area contributed by atoms with Crippen molar-refractivity contribution < 1.29 is 18.0 Å². The zero-order valence-corrected chi connectivity index (χ0v) is 15.1. The van der Waals surface area contributed by atoms with E-state index in [9.17, 15) is 18.0 Å². The summed E-state index contributed by atoms with van der Waals surface area (Å²) >= 11 is 0. The molecule has 4 nitrogen and oxygen atoms in total. The number of alkyl halides is 3. The lowest BCUT2D eigenvalue weighted by Gasteiger charge is -2.47. The van der Waals surface area contributed by atoms with Gasteiger partial charge < -0.3 is 5.32 Å². The molecule has 0 saturated carbocycles. The Morgan fingerprint density at radius 3 is 2.00 bits per heavy atom. The number of nitrogens with one attached hydrogen (secondary N) is 1. The summed E-state index contributed by atoms with van der Waals surface area (Å²) < 4.78 is 37.7. The maximum Gasteiger partial charge on any atom is 0.471 e. The van der Waals surface area contributed by atoms with Gasteiger partial charge in [0.05, 0.1) is 18.5 Å². The zero-order chi connectivity index (χ0) is 20.1. The summed E-state index contributed by atoms with van der Waals surface area (Å²) in [5.74, 6) is -2.20. The van der Waals surface area contributed by atoms with Crippen molar-refractivity contribution >= 4 is 5.91 Å². The first kappa shape index (κ1) is 19.9. The highest BCUT2D eigenvalue weighted by molar-refractivity contribution is 5.82. The first-order valence-electron chi connectivity index (χ1n) is 8.98. The standard InChI is InChI=1S/C21H20F3N3O/c22-21(23,24)20(28)26-18(11-12-25)17-13-27(14-17)19(15-7-3-1-4-8-15)16-9-5-2-6-10-16/h1-10,17-19H,11,13-14H2,(H,26,28). The van der Waals surface area contributed by atoms with Crippen LogP contribution in [0.2, 0.25) is 0 Å². The quantitative estimate of drug-likeness (QED) is 0.823. The molecule has 1 aliphatic heterocycles. The second kappa shape index (κ2) is 8.44. The van der Waals surface area contributed by atoms with E-state index in [0.29, 0.717) is 13.1 Å². The number of halogens is 3. The van der Waals surface area contributed by atoms with E-state index in [2.05, 4.69) is 4.90 Å². The number of amides is 1. The van der Waals surface area contributed by atoms with Crippen molar-refractivity contribution in [3.63, 3.8) is 0 Å². The van der Waals surface area contributed by atoms with E-state index in [1.807, 2.05) is 72.0 Å². The van der Waals surface area contributed by atoms with Gasteiger partial charge in [-0.15, -0.1) is 0 Å². The summed E-state index contributed by atoms with van der Waals surface area (Å²) in [5.41, 5.74) is 2.17. The second-order valence-corrected chi connectivity index (χ2v) is 6.88. The number of hydrogen-bond donors (Lipinski definition) is 1. The van der Waals surface area contributed by atoms with Crippen molar-refractivity contribution in [1.82, 2.24) is 10.2 Å². The Morgan fingerprint density at radius 1 is 1.07 bits per heavy atom. The van der Waals surface area contributed by atoms with Crippen LogP contribution in [0.4, 0.5) is 13.2 Å². The first-order chi connectivity index (χ1) is 13.4. The molecule has 2 aromatic rings. The van der Waals surface area contributed by atoms with E-state index < -0.39 is 18.1 Å². The van der Waals surface area contributed by atoms with Crippen LogP contribution in [-0.2, 0) is 4.79 Å². The van der Waals surface area contributed by atoms with Gasteiger partial charge >= 0.3 is 12.1 Å². The Balaban J connectivity index is 1.74. The lowest BCUT2D eigenvalue weighted by Crippen LogP contribution is -2.58. The maximum atomic E-state index is 12.6. The minimum atomic E-state index is -4.95. The van der Waals surface area contributed by atoms with Gasteiger partial charge in [0.25, 0.3) is 0 Å². The van der Waals surface area contributed by atoms with Crippen molar-refractivity contribution in [3.8, 4) is 6.07 Å². The van der Waals surface area contributed by atoms with E-state index in [1.165, 1.54) is 0 Å². The highest BCUT2D eigenvalue weighted by Gasteiger charge is 2.44. The maximum absolute atomic E-state index is 12.6. The van der Waals surface area contributed by atoms with Crippen LogP contribution in [0.3, 0.4) is 0 Å². The molecule has 0 spiro atoms. The lowest BCUT2D eigenvalue weighted by atomic mass is 9.85. The van der Waals surface area contributed by atoms with Crippen molar-refractivity contribution in [3.05, 3.63) is 71.8 Å². The molecular formula is C21H20F3N3O. The smallest absolute Gasteiger partial charge is 0.344 e. The van der Waals surface area contributed by atoms with Gasteiger partial charge in [0.1, 0.15) is 0 Å². The largest absolute Gasteiger partial charge is 0.471 e. The summed E-state index contributed by atoms with van der Waals surface area (Å²) in [6.45, 7) is 0.998. The first-order valence-corrected chi connectivity index (χ1v) is 8.98. The van der Waals surface area contributed by atoms with Crippen molar-refractivity contribution in [1.29, 1.82) is 5.26 Å². The Kier molecular flexibility index (Phi) is 6.00. The summed E-state index contributed by atoms with van der Waals surface area (Å²) in [6.07, 6.45) is -5.10. The van der Waals surface area contributed by atoms with Crippen molar-refractivity contribution in [2.45, 2.75) is 24.7 Å². The van der Waals surface area contributed by atoms with Crippen molar-refractivity contribution in [2.75, 3.05) is 13.1 Å². The SMILES string of the molecule is N#CCC(NC(=O)C(F)(F)F)C1CN(C(c2ccccc2)c2ccccc2)C1. The topological polar surface area (TPSA) is 56.1 Å². The number of rotatable bonds is 6. The second-order valence-electron chi connectivity index (χ2n) is 6.88. The highest BCUT2D eigenvalue weighted by atomic mass is 19.4. The van der Waals surface area contributed by atoms with E-state index in [1.54, 1.807) is 0 Å². The molecule has 1 fully saturated rings. The van der Waals surface area contributed by atoms with Gasteiger partial charge in [-0.2, -0.15) is 18.4 Å². The molecule has 2 aromatic carbocycles. The summed E-state index contributed by atoms with van der Waals surface area (Å²) in [6, 6.07) is 20.8. The minimum Gasteiger partial charge on any atom is -0.344 e. The van der Waals surface area contributed by atoms with Gasteiger partial charge in [-0.25, -0.2) is 0 Å². The van der Waals surface area contributed by atoms with E-state index in [4.69, 9.17) is 5.26 Å². The van der Waals surface area contributed by atoms with Crippen LogP contribution in [0, 0.1) is 17.2 Å². The highest BCUT2D eigenvalue weighted by Crippen LogP contribution is 2.35. The monoisotopic (exact) mass is 387 g/mol. The predicted octanol–water partition coefficient (Wildman–Crippen LogP) is 3.67. The average Bonchev–Trinajstić information content (AvgIpc) is 2.64. The molecule has 0 aromatic heterocycles. The van der Waals surface area contributed by atoms with Crippen LogP contribution in [0.1, 0.15) is 23.6 Å². The molecule has 1 saturated heterocycles. The van der Waals surface area contributed by atoms with Gasteiger partial charge in [-0.3, -0.25) is 9.69 Å². The van der Waals surface area contributed by atoms with Gasteiger partial charge in [0.2, 0.25) is 0 Å². The number of nitrogens with zero attached hydrogens (tertiary/aromatic N) is 2. The Bertz CT molecular complexity index is 788. The van der Waals surface area contributed by atoms with E-state index >= 15 is 0 Å². The Hall–Kier alpha value is -2.85. The third-order valence-electron chi connectivity index (χ3n) is 4.99. The normalized spacial score (nSPS) is 16.2. The molecule has 1 heterocycles. The van der Waals surface area contributed by atoms with Gasteiger partial charge in [-0.05, 0) is 11.1 Å². The number of hydrogen-bond acceptors (Lipinski definition) is 3. The molecule has 28 heavy (non-hydrogen) atoms. The molecule has 0 radical (unpaired) electrons. The van der Waals surface area contributed by atoms with Crippen LogP contribution in [0.25, 0.3) is 0 Å².